The number of rotatable bonds is 3. The van der Waals surface area contributed by atoms with Crippen molar-refractivity contribution < 1.29 is 4.74 Å². The molecule has 2 saturated heterocycles. The molecule has 0 bridgehead atoms. The molecule has 3 rings (SSSR count). The van der Waals surface area contributed by atoms with Gasteiger partial charge in [-0.3, -0.25) is 0 Å². The number of hydrogen-bond donors (Lipinski definition) is 1. The van der Waals surface area contributed by atoms with Crippen molar-refractivity contribution in [2.45, 2.75) is 30.7 Å². The second-order valence-corrected chi connectivity index (χ2v) is 8.08. The van der Waals surface area contributed by atoms with Crippen LogP contribution in [0.25, 0.3) is 0 Å². The quantitative estimate of drug-likeness (QED) is 0.840. The van der Waals surface area contributed by atoms with Crippen LogP contribution in [0.1, 0.15) is 6.42 Å². The zero-order valence-corrected chi connectivity index (χ0v) is 12.9. The zero-order chi connectivity index (χ0) is 12.5. The highest BCUT2D eigenvalue weighted by Crippen LogP contribution is 2.41. The van der Waals surface area contributed by atoms with E-state index in [1.807, 2.05) is 0 Å². The summed E-state index contributed by atoms with van der Waals surface area (Å²) in [6.45, 7) is 0.964. The molecule has 0 amide bonds. The first-order valence-electron chi connectivity index (χ1n) is 6.97. The van der Waals surface area contributed by atoms with Crippen molar-refractivity contribution in [3.05, 3.63) is 0 Å². The molecular formula is C13H24N2OS2. The van der Waals surface area contributed by atoms with Crippen molar-refractivity contribution in [2.24, 2.45) is 5.92 Å². The largest absolute Gasteiger partial charge is 0.376 e. The second kappa shape index (κ2) is 5.92. The van der Waals surface area contributed by atoms with Crippen LogP contribution in [0.15, 0.2) is 0 Å². The van der Waals surface area contributed by atoms with Crippen LogP contribution in [-0.2, 0) is 4.74 Å². The summed E-state index contributed by atoms with van der Waals surface area (Å²) in [4.78, 5) is 2.35. The van der Waals surface area contributed by atoms with E-state index >= 15 is 0 Å². The van der Waals surface area contributed by atoms with E-state index in [2.05, 4.69) is 47.8 Å². The summed E-state index contributed by atoms with van der Waals surface area (Å²) < 4.78 is 5.88. The van der Waals surface area contributed by atoms with Gasteiger partial charge in [0.05, 0.1) is 12.1 Å². The van der Waals surface area contributed by atoms with Crippen molar-refractivity contribution in [1.29, 1.82) is 0 Å². The summed E-state index contributed by atoms with van der Waals surface area (Å²) in [7, 11) is 4.38. The lowest BCUT2D eigenvalue weighted by Gasteiger charge is -2.52. The Morgan fingerprint density at radius 1 is 1.17 bits per heavy atom. The Morgan fingerprint density at radius 2 is 1.89 bits per heavy atom. The highest BCUT2D eigenvalue weighted by molar-refractivity contribution is 8.03. The van der Waals surface area contributed by atoms with E-state index in [1.54, 1.807) is 0 Å². The van der Waals surface area contributed by atoms with Gasteiger partial charge in [0.15, 0.2) is 0 Å². The number of likely N-dealkylation sites (N-methyl/N-ethyl adjacent to an activating group) is 1. The Bertz CT molecular complexity index is 282. The number of nitrogens with one attached hydrogen (secondary N) is 1. The Balaban J connectivity index is 1.60. The van der Waals surface area contributed by atoms with Gasteiger partial charge in [-0.1, -0.05) is 0 Å². The van der Waals surface area contributed by atoms with Crippen LogP contribution in [0.5, 0.6) is 0 Å². The fraction of sp³-hybridized carbons (Fsp3) is 1.00. The van der Waals surface area contributed by atoms with Crippen LogP contribution in [0.3, 0.4) is 0 Å². The second-order valence-electron chi connectivity index (χ2n) is 5.78. The normalized spacial score (nSPS) is 41.5. The molecule has 0 aromatic carbocycles. The summed E-state index contributed by atoms with van der Waals surface area (Å²) >= 11 is 4.21. The zero-order valence-electron chi connectivity index (χ0n) is 11.3. The minimum Gasteiger partial charge on any atom is -0.376 e. The van der Waals surface area contributed by atoms with Gasteiger partial charge in [0, 0.05) is 47.6 Å². The first-order chi connectivity index (χ1) is 8.77. The van der Waals surface area contributed by atoms with E-state index < -0.39 is 0 Å². The summed E-state index contributed by atoms with van der Waals surface area (Å²) in [5.74, 6) is 5.96. The van der Waals surface area contributed by atoms with Gasteiger partial charge in [0.25, 0.3) is 0 Å². The monoisotopic (exact) mass is 288 g/mol. The highest BCUT2D eigenvalue weighted by atomic mass is 32.2. The predicted octanol–water partition coefficient (Wildman–Crippen LogP) is 1.14. The molecule has 0 spiro atoms. The minimum absolute atomic E-state index is 0.489. The number of thioether (sulfide) groups is 2. The van der Waals surface area contributed by atoms with E-state index in [1.165, 1.54) is 29.4 Å². The molecule has 3 fully saturated rings. The van der Waals surface area contributed by atoms with Gasteiger partial charge in [-0.2, -0.15) is 23.5 Å². The van der Waals surface area contributed by atoms with Crippen LogP contribution >= 0.6 is 23.5 Å². The van der Waals surface area contributed by atoms with E-state index in [9.17, 15) is 0 Å². The first-order valence-corrected chi connectivity index (χ1v) is 9.28. The maximum Gasteiger partial charge on any atom is 0.0789 e. The summed E-state index contributed by atoms with van der Waals surface area (Å²) in [5.41, 5.74) is 0. The molecule has 0 aromatic heterocycles. The Labute approximate surface area is 119 Å². The number of hydrogen-bond acceptors (Lipinski definition) is 5. The summed E-state index contributed by atoms with van der Waals surface area (Å²) in [6, 6.07) is 1.92. The van der Waals surface area contributed by atoms with E-state index in [0.29, 0.717) is 24.2 Å². The smallest absolute Gasteiger partial charge is 0.0789 e. The third-order valence-corrected chi connectivity index (χ3v) is 6.90. The van der Waals surface area contributed by atoms with Gasteiger partial charge in [0.1, 0.15) is 0 Å². The van der Waals surface area contributed by atoms with Gasteiger partial charge >= 0.3 is 0 Å². The van der Waals surface area contributed by atoms with Crippen LogP contribution < -0.4 is 5.32 Å². The molecule has 1 N–H and O–H groups in total. The maximum atomic E-state index is 5.88. The van der Waals surface area contributed by atoms with Gasteiger partial charge in [-0.15, -0.1) is 0 Å². The third-order valence-electron chi connectivity index (χ3n) is 4.38. The predicted molar refractivity (Wildman–Crippen MR) is 80.7 cm³/mol. The Hall–Kier alpha value is 0.580. The number of fused-ring (bicyclic) bond motifs is 1. The average molecular weight is 288 g/mol. The molecule has 3 nitrogen and oxygen atoms in total. The molecule has 18 heavy (non-hydrogen) atoms. The number of ether oxygens (including phenoxy) is 1. The third kappa shape index (κ3) is 2.57. The Morgan fingerprint density at radius 3 is 2.56 bits per heavy atom. The molecule has 2 heterocycles. The van der Waals surface area contributed by atoms with Crippen LogP contribution in [0.4, 0.5) is 0 Å². The lowest BCUT2D eigenvalue weighted by atomic mass is 9.70. The molecule has 0 aromatic rings. The van der Waals surface area contributed by atoms with Gasteiger partial charge in [0.2, 0.25) is 0 Å². The standard InChI is InChI=1S/C13H24N2OS2/c1-15(2)12-11(10-3-4-16-13(10)12)14-9-7-17-5-6-18-8-9/h9-14H,3-8H2,1-2H3/t10-,11+,12-,13-/m1/s1. The van der Waals surface area contributed by atoms with Gasteiger partial charge < -0.3 is 15.0 Å². The van der Waals surface area contributed by atoms with E-state index in [0.717, 1.165) is 12.5 Å². The van der Waals surface area contributed by atoms with Gasteiger partial charge in [-0.05, 0) is 20.5 Å². The molecule has 0 unspecified atom stereocenters. The minimum atomic E-state index is 0.489. The van der Waals surface area contributed by atoms with E-state index in [-0.39, 0.29) is 0 Å². The Kier molecular flexibility index (Phi) is 4.46. The molecule has 1 aliphatic carbocycles. The van der Waals surface area contributed by atoms with Crippen LogP contribution in [0.2, 0.25) is 0 Å². The van der Waals surface area contributed by atoms with Crippen LogP contribution in [-0.4, -0.2) is 72.8 Å². The lowest BCUT2D eigenvalue weighted by Crippen LogP contribution is -2.70. The fourth-order valence-corrected chi connectivity index (χ4v) is 5.92. The van der Waals surface area contributed by atoms with Crippen molar-refractivity contribution in [3.63, 3.8) is 0 Å². The molecular weight excluding hydrogens is 264 g/mol. The van der Waals surface area contributed by atoms with Crippen LogP contribution in [0, 0.1) is 5.92 Å². The van der Waals surface area contributed by atoms with Crippen molar-refractivity contribution in [2.75, 3.05) is 43.7 Å². The molecule has 4 atom stereocenters. The maximum absolute atomic E-state index is 5.88. The topological polar surface area (TPSA) is 24.5 Å². The summed E-state index contributed by atoms with van der Waals surface area (Å²) in [6.07, 6.45) is 1.74. The van der Waals surface area contributed by atoms with Gasteiger partial charge in [-0.25, -0.2) is 0 Å². The van der Waals surface area contributed by atoms with Crippen molar-refractivity contribution >= 4 is 23.5 Å². The molecule has 3 aliphatic rings. The molecule has 1 saturated carbocycles. The van der Waals surface area contributed by atoms with Crippen molar-refractivity contribution in [1.82, 2.24) is 10.2 Å². The fourth-order valence-electron chi connectivity index (χ4n) is 3.50. The molecule has 5 heteroatoms. The summed E-state index contributed by atoms with van der Waals surface area (Å²) in [5, 5.41) is 3.93. The molecule has 2 aliphatic heterocycles. The highest BCUT2D eigenvalue weighted by Gasteiger charge is 2.55. The van der Waals surface area contributed by atoms with E-state index in [4.69, 9.17) is 4.74 Å². The number of nitrogens with zero attached hydrogens (tertiary/aromatic N) is 1. The lowest BCUT2D eigenvalue weighted by molar-refractivity contribution is -0.0710. The SMILES string of the molecule is CN(C)[C@@H]1[C@@H](NC2CSCCSC2)[C@H]2CCO[C@H]21. The average Bonchev–Trinajstić information content (AvgIpc) is 2.58. The molecule has 0 radical (unpaired) electrons. The first kappa shape index (κ1) is 13.6. The van der Waals surface area contributed by atoms with Crippen molar-refractivity contribution in [3.8, 4) is 0 Å². The molecule has 104 valence electrons.